The Balaban J connectivity index is 1.95. The molecule has 2 heterocycles. The van der Waals surface area contributed by atoms with Gasteiger partial charge < -0.3 is 9.15 Å². The zero-order valence-corrected chi connectivity index (χ0v) is 13.2. The highest BCUT2D eigenvalue weighted by Crippen LogP contribution is 2.42. The van der Waals surface area contributed by atoms with E-state index < -0.39 is 21.9 Å². The van der Waals surface area contributed by atoms with Gasteiger partial charge in [0, 0.05) is 5.56 Å². The molecule has 0 radical (unpaired) electrons. The normalized spacial score (nSPS) is 20.4. The molecule has 2 amide bonds. The molecular weight excluding hydrogens is 318 g/mol. The number of hydrogen-bond donors (Lipinski definition) is 1. The molecule has 0 saturated carbocycles. The minimum atomic E-state index is -1.09. The standard InChI is InChI=1S/C16H13NO5S/c1-16(14(19)17-15(20)23-16)12-7-6-11(22-12)9-4-3-5-10(8-9)13(18)21-2/h3-8H,1-2H3,(H,17,19,20). The van der Waals surface area contributed by atoms with Crippen molar-refractivity contribution < 1.29 is 23.5 Å². The van der Waals surface area contributed by atoms with E-state index in [1.54, 1.807) is 43.3 Å². The van der Waals surface area contributed by atoms with Gasteiger partial charge in [0.25, 0.3) is 11.1 Å². The van der Waals surface area contributed by atoms with Crippen molar-refractivity contribution in [2.24, 2.45) is 0 Å². The molecule has 0 spiro atoms. The van der Waals surface area contributed by atoms with Crippen LogP contribution in [0.15, 0.2) is 40.8 Å². The van der Waals surface area contributed by atoms with E-state index in [4.69, 9.17) is 9.15 Å². The second kappa shape index (κ2) is 5.58. The second-order valence-corrected chi connectivity index (χ2v) is 6.50. The third kappa shape index (κ3) is 2.63. The molecule has 1 aliphatic rings. The van der Waals surface area contributed by atoms with E-state index in [1.807, 2.05) is 0 Å². The molecule has 6 nitrogen and oxygen atoms in total. The Kier molecular flexibility index (Phi) is 3.73. The van der Waals surface area contributed by atoms with Gasteiger partial charge in [-0.1, -0.05) is 12.1 Å². The Morgan fingerprint density at radius 2 is 2.04 bits per heavy atom. The first-order valence-corrected chi connectivity index (χ1v) is 7.59. The largest absolute Gasteiger partial charge is 0.465 e. The molecule has 1 aromatic heterocycles. The number of ether oxygens (including phenoxy) is 1. The minimum Gasteiger partial charge on any atom is -0.465 e. The molecule has 0 bridgehead atoms. The molecule has 1 unspecified atom stereocenters. The summed E-state index contributed by atoms with van der Waals surface area (Å²) in [6, 6.07) is 10.1. The summed E-state index contributed by atoms with van der Waals surface area (Å²) in [6.07, 6.45) is 0. The number of furan rings is 1. The smallest absolute Gasteiger partial charge is 0.337 e. The molecule has 118 valence electrons. The number of rotatable bonds is 3. The van der Waals surface area contributed by atoms with E-state index in [2.05, 4.69) is 5.32 Å². The van der Waals surface area contributed by atoms with Crippen molar-refractivity contribution in [2.75, 3.05) is 7.11 Å². The lowest BCUT2D eigenvalue weighted by atomic mass is 10.1. The second-order valence-electron chi connectivity index (χ2n) is 5.11. The monoisotopic (exact) mass is 331 g/mol. The van der Waals surface area contributed by atoms with Gasteiger partial charge in [-0.2, -0.15) is 0 Å². The number of carbonyl (C=O) groups excluding carboxylic acids is 3. The van der Waals surface area contributed by atoms with E-state index in [9.17, 15) is 14.4 Å². The van der Waals surface area contributed by atoms with Gasteiger partial charge in [-0.15, -0.1) is 0 Å². The number of benzene rings is 1. The van der Waals surface area contributed by atoms with Crippen LogP contribution in [-0.4, -0.2) is 24.2 Å². The lowest BCUT2D eigenvalue weighted by molar-refractivity contribution is -0.121. The van der Waals surface area contributed by atoms with Crippen LogP contribution in [0.1, 0.15) is 23.0 Å². The molecule has 23 heavy (non-hydrogen) atoms. The van der Waals surface area contributed by atoms with E-state index in [1.165, 1.54) is 7.11 Å². The number of amides is 2. The molecular formula is C16H13NO5S. The third-order valence-corrected chi connectivity index (χ3v) is 4.67. The Labute approximate surface area is 136 Å². The molecule has 2 aromatic rings. The Bertz CT molecular complexity index is 812. The van der Waals surface area contributed by atoms with Gasteiger partial charge in [0.15, 0.2) is 4.75 Å². The van der Waals surface area contributed by atoms with Crippen LogP contribution < -0.4 is 5.32 Å². The van der Waals surface area contributed by atoms with Crippen molar-refractivity contribution in [3.63, 3.8) is 0 Å². The molecule has 0 aliphatic carbocycles. The summed E-state index contributed by atoms with van der Waals surface area (Å²) in [6.45, 7) is 1.63. The van der Waals surface area contributed by atoms with Gasteiger partial charge in [-0.05, 0) is 43.0 Å². The maximum absolute atomic E-state index is 12.0. The van der Waals surface area contributed by atoms with Crippen LogP contribution in [-0.2, 0) is 14.3 Å². The fraction of sp³-hybridized carbons (Fsp3) is 0.188. The first-order chi connectivity index (χ1) is 10.9. The predicted molar refractivity (Wildman–Crippen MR) is 84.0 cm³/mol. The Morgan fingerprint density at radius 1 is 1.26 bits per heavy atom. The van der Waals surface area contributed by atoms with Crippen LogP contribution in [0.2, 0.25) is 0 Å². The zero-order chi connectivity index (χ0) is 16.6. The highest BCUT2D eigenvalue weighted by molar-refractivity contribution is 8.15. The maximum Gasteiger partial charge on any atom is 0.337 e. The van der Waals surface area contributed by atoms with Crippen LogP contribution >= 0.6 is 11.8 Å². The first kappa shape index (κ1) is 15.4. The van der Waals surface area contributed by atoms with Gasteiger partial charge in [-0.25, -0.2) is 4.79 Å². The average molecular weight is 331 g/mol. The quantitative estimate of drug-likeness (QED) is 0.870. The Morgan fingerprint density at radius 3 is 2.70 bits per heavy atom. The number of hydrogen-bond acceptors (Lipinski definition) is 6. The number of imide groups is 1. The van der Waals surface area contributed by atoms with Crippen molar-refractivity contribution in [3.8, 4) is 11.3 Å². The van der Waals surface area contributed by atoms with Crippen LogP contribution in [0.5, 0.6) is 0 Å². The summed E-state index contributed by atoms with van der Waals surface area (Å²) >= 11 is 0.882. The fourth-order valence-electron chi connectivity index (χ4n) is 2.30. The van der Waals surface area contributed by atoms with Crippen LogP contribution in [0, 0.1) is 0 Å². The minimum absolute atomic E-state index is 0.379. The number of carbonyl (C=O) groups is 3. The molecule has 1 saturated heterocycles. The summed E-state index contributed by atoms with van der Waals surface area (Å²) < 4.78 is 9.36. The van der Waals surface area contributed by atoms with Crippen LogP contribution in [0.25, 0.3) is 11.3 Å². The Hall–Kier alpha value is -2.54. The van der Waals surface area contributed by atoms with Crippen molar-refractivity contribution in [3.05, 3.63) is 47.7 Å². The summed E-state index contributed by atoms with van der Waals surface area (Å²) in [5.74, 6) is 0.0303. The zero-order valence-electron chi connectivity index (χ0n) is 12.4. The summed E-state index contributed by atoms with van der Waals surface area (Å²) in [5, 5.41) is 1.85. The van der Waals surface area contributed by atoms with Gasteiger partial charge in [-0.3, -0.25) is 14.9 Å². The van der Waals surface area contributed by atoms with Gasteiger partial charge in [0.1, 0.15) is 11.5 Å². The summed E-state index contributed by atoms with van der Waals surface area (Å²) in [7, 11) is 1.31. The summed E-state index contributed by atoms with van der Waals surface area (Å²) in [4.78, 5) is 35.0. The van der Waals surface area contributed by atoms with Gasteiger partial charge >= 0.3 is 5.97 Å². The van der Waals surface area contributed by atoms with Crippen molar-refractivity contribution in [2.45, 2.75) is 11.7 Å². The lowest BCUT2D eigenvalue weighted by Gasteiger charge is -2.14. The highest BCUT2D eigenvalue weighted by Gasteiger charge is 2.47. The molecule has 1 atom stereocenters. The summed E-state index contributed by atoms with van der Waals surface area (Å²) in [5.41, 5.74) is 1.08. The molecule has 3 rings (SSSR count). The molecule has 1 aliphatic heterocycles. The maximum atomic E-state index is 12.0. The van der Waals surface area contributed by atoms with E-state index >= 15 is 0 Å². The number of thioether (sulfide) groups is 1. The number of nitrogens with one attached hydrogen (secondary N) is 1. The third-order valence-electron chi connectivity index (χ3n) is 3.59. The molecule has 7 heteroatoms. The van der Waals surface area contributed by atoms with Crippen molar-refractivity contribution in [1.29, 1.82) is 0 Å². The molecule has 1 N–H and O–H groups in total. The number of methoxy groups -OCH3 is 1. The fourth-order valence-corrected chi connectivity index (χ4v) is 3.17. The van der Waals surface area contributed by atoms with E-state index in [0.717, 1.165) is 11.8 Å². The van der Waals surface area contributed by atoms with Crippen LogP contribution in [0.3, 0.4) is 0 Å². The first-order valence-electron chi connectivity index (χ1n) is 6.77. The van der Waals surface area contributed by atoms with Crippen molar-refractivity contribution in [1.82, 2.24) is 5.32 Å². The van der Waals surface area contributed by atoms with Gasteiger partial charge in [0.2, 0.25) is 0 Å². The van der Waals surface area contributed by atoms with E-state index in [-0.39, 0.29) is 0 Å². The number of esters is 1. The molecule has 1 aromatic carbocycles. The molecule has 1 fully saturated rings. The van der Waals surface area contributed by atoms with Crippen molar-refractivity contribution >= 4 is 28.9 Å². The topological polar surface area (TPSA) is 85.6 Å². The van der Waals surface area contributed by atoms with Gasteiger partial charge in [0.05, 0.1) is 12.7 Å². The SMILES string of the molecule is COC(=O)c1cccc(-c2ccc(C3(C)SC(=O)NC3=O)o2)c1. The highest BCUT2D eigenvalue weighted by atomic mass is 32.2. The lowest BCUT2D eigenvalue weighted by Crippen LogP contribution is -2.31. The van der Waals surface area contributed by atoms with Crippen LogP contribution in [0.4, 0.5) is 4.79 Å². The predicted octanol–water partition coefficient (Wildman–Crippen LogP) is 2.93. The van der Waals surface area contributed by atoms with E-state index in [0.29, 0.717) is 22.6 Å². The average Bonchev–Trinajstić information content (AvgIpc) is 3.13.